The Morgan fingerprint density at radius 3 is 2.35 bits per heavy atom. The molecule has 0 amide bonds. The van der Waals surface area contributed by atoms with Crippen molar-refractivity contribution in [3.63, 3.8) is 0 Å². The normalized spacial score (nSPS) is 11.5. The number of nitrogens with zero attached hydrogens (tertiary/aromatic N) is 2. The average Bonchev–Trinajstić information content (AvgIpc) is 2.72. The Kier molecular flexibility index (Phi) is 7.16. The Hall–Kier alpha value is -0.940. The number of hydrogen-bond acceptors (Lipinski definition) is 4. The zero-order valence-corrected chi connectivity index (χ0v) is 13.8. The minimum atomic E-state index is -0.801. The minimum Gasteiger partial charge on any atom is -0.481 e. The fraction of sp³-hybridized carbons (Fsp3) is 0.733. The molecule has 4 nitrogen and oxygen atoms in total. The molecule has 0 aliphatic carbocycles. The van der Waals surface area contributed by atoms with E-state index in [1.54, 1.807) is 11.3 Å². The van der Waals surface area contributed by atoms with E-state index >= 15 is 0 Å². The third-order valence-corrected chi connectivity index (χ3v) is 4.44. The van der Waals surface area contributed by atoms with E-state index in [0.717, 1.165) is 48.1 Å². The van der Waals surface area contributed by atoms with Crippen LogP contribution in [0.1, 0.15) is 62.0 Å². The number of carboxylic acid groups (broad SMARTS) is 1. The van der Waals surface area contributed by atoms with Crippen molar-refractivity contribution < 1.29 is 9.90 Å². The van der Waals surface area contributed by atoms with Gasteiger partial charge in [-0.15, -0.1) is 11.3 Å². The predicted octanol–water partition coefficient (Wildman–Crippen LogP) is 3.52. The van der Waals surface area contributed by atoms with Gasteiger partial charge in [-0.1, -0.05) is 27.7 Å². The molecule has 0 radical (unpaired) electrons. The van der Waals surface area contributed by atoms with Gasteiger partial charge in [0, 0.05) is 17.3 Å². The van der Waals surface area contributed by atoms with E-state index in [9.17, 15) is 4.79 Å². The van der Waals surface area contributed by atoms with Crippen LogP contribution in [0.25, 0.3) is 0 Å². The molecule has 0 saturated heterocycles. The van der Waals surface area contributed by atoms with Gasteiger partial charge in [0.1, 0.15) is 0 Å². The zero-order valence-electron chi connectivity index (χ0n) is 13.0. The van der Waals surface area contributed by atoms with Gasteiger partial charge < -0.3 is 5.11 Å². The first-order chi connectivity index (χ1) is 9.47. The van der Waals surface area contributed by atoms with E-state index < -0.39 is 5.97 Å². The van der Waals surface area contributed by atoms with E-state index in [2.05, 4.69) is 37.6 Å². The molecule has 1 aromatic rings. The molecular weight excluding hydrogens is 272 g/mol. The molecule has 114 valence electrons. The van der Waals surface area contributed by atoms with Crippen molar-refractivity contribution >= 4 is 17.3 Å². The lowest BCUT2D eigenvalue weighted by Crippen LogP contribution is -2.25. The second-order valence-corrected chi connectivity index (χ2v) is 6.54. The smallest absolute Gasteiger partial charge is 0.309 e. The Balaban J connectivity index is 2.91. The summed E-state index contributed by atoms with van der Waals surface area (Å²) in [6, 6.07) is 0. The lowest BCUT2D eigenvalue weighted by Gasteiger charge is -2.20. The van der Waals surface area contributed by atoms with Crippen LogP contribution in [0.5, 0.6) is 0 Å². The number of carbonyl (C=O) groups is 1. The largest absolute Gasteiger partial charge is 0.481 e. The summed E-state index contributed by atoms with van der Waals surface area (Å²) in [7, 11) is 0. The van der Waals surface area contributed by atoms with Crippen molar-refractivity contribution in [2.75, 3.05) is 13.1 Å². The average molecular weight is 298 g/mol. The van der Waals surface area contributed by atoms with Gasteiger partial charge in [0.25, 0.3) is 0 Å². The number of thiazole rings is 1. The number of rotatable bonds is 9. The van der Waals surface area contributed by atoms with E-state index in [-0.39, 0.29) is 6.42 Å². The molecule has 0 fully saturated rings. The minimum absolute atomic E-state index is 0.0324. The van der Waals surface area contributed by atoms with Crippen LogP contribution in [-0.4, -0.2) is 34.0 Å². The Morgan fingerprint density at radius 1 is 1.30 bits per heavy atom. The fourth-order valence-electron chi connectivity index (χ4n) is 2.16. The number of aromatic nitrogens is 1. The molecule has 1 heterocycles. The van der Waals surface area contributed by atoms with Gasteiger partial charge in [-0.3, -0.25) is 9.69 Å². The van der Waals surface area contributed by atoms with E-state index in [0.29, 0.717) is 5.92 Å². The Labute approximate surface area is 125 Å². The lowest BCUT2D eigenvalue weighted by atomic mass is 10.2. The van der Waals surface area contributed by atoms with Crippen LogP contribution in [0.15, 0.2) is 0 Å². The lowest BCUT2D eigenvalue weighted by molar-refractivity contribution is -0.136. The van der Waals surface area contributed by atoms with E-state index in [1.165, 1.54) is 0 Å². The summed E-state index contributed by atoms with van der Waals surface area (Å²) >= 11 is 1.67. The van der Waals surface area contributed by atoms with Crippen molar-refractivity contribution in [3.05, 3.63) is 15.6 Å². The first-order valence-corrected chi connectivity index (χ1v) is 8.22. The third-order valence-electron chi connectivity index (χ3n) is 3.05. The van der Waals surface area contributed by atoms with Crippen molar-refractivity contribution in [1.29, 1.82) is 0 Å². The van der Waals surface area contributed by atoms with Crippen molar-refractivity contribution in [2.45, 2.75) is 59.4 Å². The summed E-state index contributed by atoms with van der Waals surface area (Å²) in [5.41, 5.74) is 0.753. The molecule has 0 unspecified atom stereocenters. The number of aliphatic carboxylic acids is 1. The second-order valence-electron chi connectivity index (χ2n) is 5.42. The Morgan fingerprint density at radius 2 is 1.90 bits per heavy atom. The first kappa shape index (κ1) is 17.1. The van der Waals surface area contributed by atoms with E-state index in [4.69, 9.17) is 5.11 Å². The van der Waals surface area contributed by atoms with Crippen molar-refractivity contribution in [3.8, 4) is 0 Å². The number of hydrogen-bond donors (Lipinski definition) is 1. The molecule has 0 aliphatic rings. The van der Waals surface area contributed by atoms with Gasteiger partial charge in [0.2, 0.25) is 0 Å². The van der Waals surface area contributed by atoms with E-state index in [1.807, 2.05) is 0 Å². The highest BCUT2D eigenvalue weighted by Gasteiger charge is 2.17. The summed E-state index contributed by atoms with van der Waals surface area (Å²) in [4.78, 5) is 19.0. The van der Waals surface area contributed by atoms with Crippen LogP contribution in [0.4, 0.5) is 0 Å². The van der Waals surface area contributed by atoms with Gasteiger partial charge in [0.05, 0.1) is 17.1 Å². The van der Waals surface area contributed by atoms with Crippen LogP contribution in [0.3, 0.4) is 0 Å². The summed E-state index contributed by atoms with van der Waals surface area (Å²) in [5, 5.41) is 10.1. The standard InChI is InChI=1S/C15H26N2O2S/c1-5-7-17(8-6-2)10-13-12(9-14(18)19)16-15(20-13)11(3)4/h11H,5-10H2,1-4H3,(H,18,19). The van der Waals surface area contributed by atoms with Crippen LogP contribution in [-0.2, 0) is 17.8 Å². The molecule has 1 N–H and O–H groups in total. The quantitative estimate of drug-likeness (QED) is 0.758. The van der Waals surface area contributed by atoms with Gasteiger partial charge in [0.15, 0.2) is 0 Å². The van der Waals surface area contributed by atoms with Crippen LogP contribution in [0.2, 0.25) is 0 Å². The van der Waals surface area contributed by atoms with Gasteiger partial charge in [-0.2, -0.15) is 0 Å². The topological polar surface area (TPSA) is 53.4 Å². The summed E-state index contributed by atoms with van der Waals surface area (Å²) in [5.74, 6) is -0.448. The molecule has 0 bridgehead atoms. The SMILES string of the molecule is CCCN(CCC)Cc1sc(C(C)C)nc1CC(=O)O. The van der Waals surface area contributed by atoms with Crippen molar-refractivity contribution in [1.82, 2.24) is 9.88 Å². The maximum absolute atomic E-state index is 11.0. The summed E-state index contributed by atoms with van der Waals surface area (Å²) in [6.45, 7) is 11.5. The van der Waals surface area contributed by atoms with Gasteiger partial charge >= 0.3 is 5.97 Å². The van der Waals surface area contributed by atoms with Gasteiger partial charge in [-0.25, -0.2) is 4.98 Å². The molecule has 20 heavy (non-hydrogen) atoms. The predicted molar refractivity (Wildman–Crippen MR) is 83.4 cm³/mol. The summed E-state index contributed by atoms with van der Waals surface area (Å²) < 4.78 is 0. The second kappa shape index (κ2) is 8.37. The maximum atomic E-state index is 11.0. The highest BCUT2D eigenvalue weighted by Crippen LogP contribution is 2.26. The van der Waals surface area contributed by atoms with Crippen LogP contribution >= 0.6 is 11.3 Å². The number of carboxylic acids is 1. The molecule has 0 saturated carbocycles. The van der Waals surface area contributed by atoms with Crippen molar-refractivity contribution in [2.24, 2.45) is 0 Å². The highest BCUT2D eigenvalue weighted by atomic mass is 32.1. The molecule has 0 aromatic carbocycles. The molecular formula is C15H26N2O2S. The monoisotopic (exact) mass is 298 g/mol. The molecule has 1 aromatic heterocycles. The summed E-state index contributed by atoms with van der Waals surface area (Å²) in [6.07, 6.45) is 2.26. The molecule has 0 atom stereocenters. The highest BCUT2D eigenvalue weighted by molar-refractivity contribution is 7.11. The van der Waals surface area contributed by atoms with Crippen LogP contribution < -0.4 is 0 Å². The molecule has 0 aliphatic heterocycles. The first-order valence-electron chi connectivity index (χ1n) is 7.40. The van der Waals surface area contributed by atoms with Crippen LogP contribution in [0, 0.1) is 0 Å². The zero-order chi connectivity index (χ0) is 15.1. The fourth-order valence-corrected chi connectivity index (χ4v) is 3.29. The molecule has 1 rings (SSSR count). The molecule has 5 heteroatoms. The molecule has 0 spiro atoms. The third kappa shape index (κ3) is 5.21. The Bertz CT molecular complexity index is 424. The van der Waals surface area contributed by atoms with Gasteiger partial charge in [-0.05, 0) is 25.9 Å². The maximum Gasteiger partial charge on any atom is 0.309 e.